The van der Waals surface area contributed by atoms with Crippen LogP contribution in [0.3, 0.4) is 0 Å². The Labute approximate surface area is 123 Å². The number of nitriles is 1. The molecule has 0 bridgehead atoms. The lowest BCUT2D eigenvalue weighted by molar-refractivity contribution is 0.101. The Hall–Kier alpha value is -1.67. The Morgan fingerprint density at radius 3 is 2.30 bits per heavy atom. The minimum absolute atomic E-state index is 0.306. The van der Waals surface area contributed by atoms with Crippen molar-refractivity contribution in [1.82, 2.24) is 0 Å². The molecule has 0 aromatic heterocycles. The Bertz CT molecular complexity index is 588. The summed E-state index contributed by atoms with van der Waals surface area (Å²) in [5.74, 6) is -0.326. The molecular formula is C15H21N3OS. The van der Waals surface area contributed by atoms with Gasteiger partial charge in [-0.2, -0.15) is 9.62 Å². The van der Waals surface area contributed by atoms with Gasteiger partial charge in [0.25, 0.3) is 5.91 Å². The topological polar surface area (TPSA) is 79.2 Å². The van der Waals surface area contributed by atoms with Gasteiger partial charge < -0.3 is 5.73 Å². The lowest BCUT2D eigenvalue weighted by Crippen LogP contribution is -2.18. The number of benzene rings is 1. The Morgan fingerprint density at radius 2 is 1.85 bits per heavy atom. The monoisotopic (exact) mass is 291 g/mol. The van der Waals surface area contributed by atoms with Crippen molar-refractivity contribution in [2.45, 2.75) is 45.1 Å². The zero-order chi connectivity index (χ0) is 15.4. The minimum atomic E-state index is -0.345. The van der Waals surface area contributed by atoms with E-state index in [0.29, 0.717) is 27.3 Å². The molecule has 0 heterocycles. The highest BCUT2D eigenvalue weighted by Crippen LogP contribution is 2.21. The average molecular weight is 291 g/mol. The third kappa shape index (κ3) is 3.67. The molecule has 1 amide bonds. The van der Waals surface area contributed by atoms with Gasteiger partial charge in [0, 0.05) is 16.2 Å². The van der Waals surface area contributed by atoms with E-state index in [2.05, 4.69) is 32.1 Å². The molecule has 0 fully saturated rings. The Kier molecular flexibility index (Phi) is 5.46. The van der Waals surface area contributed by atoms with Crippen molar-refractivity contribution in [3.63, 3.8) is 0 Å². The van der Waals surface area contributed by atoms with Gasteiger partial charge in [-0.05, 0) is 24.6 Å². The standard InChI is InChI=1S/C15H21N3OS/c1-9(2)20(10(3)4)18-15(19)13-7-12(8-16)6-11(5)14(13)17/h6-7,9-10H,17H2,1-5H3. The summed E-state index contributed by atoms with van der Waals surface area (Å²) in [5, 5.41) is 9.60. The first-order chi connectivity index (χ1) is 9.27. The second-order valence-electron chi connectivity index (χ2n) is 5.21. The smallest absolute Gasteiger partial charge is 0.285 e. The predicted molar refractivity (Wildman–Crippen MR) is 84.7 cm³/mol. The molecule has 108 valence electrons. The van der Waals surface area contributed by atoms with Gasteiger partial charge in [-0.15, -0.1) is 0 Å². The second-order valence-corrected chi connectivity index (χ2v) is 7.97. The van der Waals surface area contributed by atoms with Gasteiger partial charge in [0.1, 0.15) is 0 Å². The molecule has 2 N–H and O–H groups in total. The summed E-state index contributed by atoms with van der Waals surface area (Å²) < 4.78 is 4.32. The fourth-order valence-corrected chi connectivity index (χ4v) is 3.74. The Balaban J connectivity index is 3.32. The number of hydrogen-bond donors (Lipinski definition) is 1. The fraction of sp³-hybridized carbons (Fsp3) is 0.467. The first-order valence-corrected chi connectivity index (χ1v) is 7.87. The minimum Gasteiger partial charge on any atom is -0.398 e. The van der Waals surface area contributed by atoms with Crippen molar-refractivity contribution in [2.24, 2.45) is 4.36 Å². The second kappa shape index (κ2) is 6.67. The number of nitrogens with two attached hydrogens (primary N) is 1. The molecule has 0 aliphatic heterocycles. The molecule has 0 aliphatic rings. The summed E-state index contributed by atoms with van der Waals surface area (Å²) in [4.78, 5) is 12.4. The van der Waals surface area contributed by atoms with E-state index >= 15 is 0 Å². The van der Waals surface area contributed by atoms with Crippen molar-refractivity contribution < 1.29 is 4.79 Å². The zero-order valence-electron chi connectivity index (χ0n) is 12.6. The van der Waals surface area contributed by atoms with Crippen molar-refractivity contribution in [3.05, 3.63) is 28.8 Å². The van der Waals surface area contributed by atoms with Gasteiger partial charge in [-0.25, -0.2) is 0 Å². The maximum absolute atomic E-state index is 12.4. The normalized spacial score (nSPS) is 10.9. The zero-order valence-corrected chi connectivity index (χ0v) is 13.4. The number of carbonyl (C=O) groups excluding carboxylic acids is 1. The molecule has 20 heavy (non-hydrogen) atoms. The summed E-state index contributed by atoms with van der Waals surface area (Å²) >= 11 is 0. The molecule has 4 nitrogen and oxygen atoms in total. The summed E-state index contributed by atoms with van der Waals surface area (Å²) in [7, 11) is -0.345. The molecule has 1 aromatic carbocycles. The number of hydrogen-bond acceptors (Lipinski definition) is 3. The van der Waals surface area contributed by atoms with Crippen molar-refractivity contribution in [3.8, 4) is 6.07 Å². The molecule has 0 atom stereocenters. The van der Waals surface area contributed by atoms with E-state index in [4.69, 9.17) is 11.0 Å². The SMILES string of the molecule is Cc1cc(C#N)cc(C(=O)N=S(C(C)C)C(C)C)c1N. The van der Waals surface area contributed by atoms with Gasteiger partial charge in [-0.3, -0.25) is 4.79 Å². The van der Waals surface area contributed by atoms with E-state index < -0.39 is 0 Å². The van der Waals surface area contributed by atoms with E-state index in [1.54, 1.807) is 13.0 Å². The van der Waals surface area contributed by atoms with Crippen LogP contribution in [0.5, 0.6) is 0 Å². The van der Waals surface area contributed by atoms with Gasteiger partial charge in [0.2, 0.25) is 0 Å². The van der Waals surface area contributed by atoms with E-state index in [9.17, 15) is 4.79 Å². The number of anilines is 1. The number of nitrogen functional groups attached to an aromatic ring is 1. The number of nitrogens with zero attached hydrogens (tertiary/aromatic N) is 2. The van der Waals surface area contributed by atoms with E-state index in [-0.39, 0.29) is 16.6 Å². The van der Waals surface area contributed by atoms with Gasteiger partial charge in [-0.1, -0.05) is 38.4 Å². The van der Waals surface area contributed by atoms with Crippen molar-refractivity contribution in [2.75, 3.05) is 5.73 Å². The molecule has 0 unspecified atom stereocenters. The largest absolute Gasteiger partial charge is 0.398 e. The summed E-state index contributed by atoms with van der Waals surface area (Å²) in [6.07, 6.45) is 0. The highest BCUT2D eigenvalue weighted by molar-refractivity contribution is 7.88. The average Bonchev–Trinajstić information content (AvgIpc) is 2.37. The lowest BCUT2D eigenvalue weighted by atomic mass is 10.0. The number of rotatable bonds is 3. The molecule has 1 rings (SSSR count). The molecule has 0 aliphatic carbocycles. The number of carbonyl (C=O) groups is 1. The maximum Gasteiger partial charge on any atom is 0.285 e. The fourth-order valence-electron chi connectivity index (χ4n) is 1.94. The summed E-state index contributed by atoms with van der Waals surface area (Å²) in [6.45, 7) is 10.0. The number of aryl methyl sites for hydroxylation is 1. The summed E-state index contributed by atoms with van der Waals surface area (Å²) in [6, 6.07) is 5.24. The van der Waals surface area contributed by atoms with E-state index in [1.807, 2.05) is 6.07 Å². The van der Waals surface area contributed by atoms with Crippen LogP contribution in [0.4, 0.5) is 5.69 Å². The van der Waals surface area contributed by atoms with Crippen LogP contribution >= 0.6 is 0 Å². The van der Waals surface area contributed by atoms with E-state index in [1.165, 1.54) is 6.07 Å². The van der Waals surface area contributed by atoms with Gasteiger partial charge in [0.15, 0.2) is 0 Å². The third-order valence-electron chi connectivity index (χ3n) is 2.90. The van der Waals surface area contributed by atoms with Crippen LogP contribution < -0.4 is 5.73 Å². The highest BCUT2D eigenvalue weighted by atomic mass is 32.2. The van der Waals surface area contributed by atoms with E-state index in [0.717, 1.165) is 5.56 Å². The first kappa shape index (κ1) is 16.4. The first-order valence-electron chi connectivity index (χ1n) is 6.56. The molecular weight excluding hydrogens is 270 g/mol. The van der Waals surface area contributed by atoms with Gasteiger partial charge in [0.05, 0.1) is 17.2 Å². The maximum atomic E-state index is 12.4. The molecule has 0 radical (unpaired) electrons. The summed E-state index contributed by atoms with van der Waals surface area (Å²) in [5.41, 5.74) is 7.86. The van der Waals surface area contributed by atoms with Crippen LogP contribution in [-0.4, -0.2) is 16.4 Å². The molecule has 1 aromatic rings. The molecule has 0 saturated carbocycles. The van der Waals surface area contributed by atoms with Crippen molar-refractivity contribution >= 4 is 22.3 Å². The lowest BCUT2D eigenvalue weighted by Gasteiger charge is -2.15. The quantitative estimate of drug-likeness (QED) is 0.868. The van der Waals surface area contributed by atoms with Crippen LogP contribution in [0, 0.1) is 18.3 Å². The van der Waals surface area contributed by atoms with Crippen LogP contribution in [0.25, 0.3) is 0 Å². The molecule has 0 spiro atoms. The van der Waals surface area contributed by atoms with Crippen LogP contribution in [0.15, 0.2) is 16.5 Å². The third-order valence-corrected chi connectivity index (χ3v) is 5.21. The number of amides is 1. The highest BCUT2D eigenvalue weighted by Gasteiger charge is 2.16. The van der Waals surface area contributed by atoms with Crippen molar-refractivity contribution in [1.29, 1.82) is 5.26 Å². The van der Waals surface area contributed by atoms with Crippen LogP contribution in [0.2, 0.25) is 0 Å². The van der Waals surface area contributed by atoms with Crippen LogP contribution in [0.1, 0.15) is 49.2 Å². The Morgan fingerprint density at radius 1 is 1.30 bits per heavy atom. The molecule has 0 saturated heterocycles. The predicted octanol–water partition coefficient (Wildman–Crippen LogP) is 3.21. The molecule has 5 heteroatoms. The van der Waals surface area contributed by atoms with Crippen LogP contribution in [-0.2, 0) is 10.7 Å². The van der Waals surface area contributed by atoms with Gasteiger partial charge >= 0.3 is 0 Å².